The molecule has 0 atom stereocenters. The molecule has 0 spiro atoms. The Morgan fingerprint density at radius 3 is 1.41 bits per heavy atom. The summed E-state index contributed by atoms with van der Waals surface area (Å²) in [6, 6.07) is 1.47. The Hall–Kier alpha value is -0.326. The second-order valence-electron chi connectivity index (χ2n) is 6.03. The highest BCUT2D eigenvalue weighted by Gasteiger charge is 2.47. The molecule has 0 saturated carbocycles. The third-order valence-electron chi connectivity index (χ3n) is 3.96. The van der Waals surface area contributed by atoms with Crippen LogP contribution in [0.2, 0.25) is 12.1 Å². The van der Waals surface area contributed by atoms with Gasteiger partial charge in [-0.1, -0.05) is 12.2 Å². The van der Waals surface area contributed by atoms with Crippen LogP contribution in [0.5, 0.6) is 0 Å². The maximum Gasteiger partial charge on any atom is 0.500 e. The molecule has 0 fully saturated rings. The molecule has 160 valence electrons. The van der Waals surface area contributed by atoms with Gasteiger partial charge in [-0.25, -0.2) is 0 Å². The standard InChI is InChI=1S/C19H41NO5Si2/c1-8-15-20(16-9-2)19-26(21-10-3,22-11-4)17-18-27(23-12-5,24-13-6)25-14-7/h8-9H,1-2,10-19H2,3-7H3. The van der Waals surface area contributed by atoms with E-state index in [1.54, 1.807) is 0 Å². The molecule has 0 aliphatic heterocycles. The van der Waals surface area contributed by atoms with Crippen molar-refractivity contribution in [2.75, 3.05) is 52.3 Å². The van der Waals surface area contributed by atoms with Gasteiger partial charge < -0.3 is 22.1 Å². The zero-order chi connectivity index (χ0) is 20.6. The zero-order valence-electron chi connectivity index (χ0n) is 18.1. The molecule has 0 unspecified atom stereocenters. The first-order valence-electron chi connectivity index (χ1n) is 10.1. The van der Waals surface area contributed by atoms with E-state index in [1.807, 2.05) is 46.8 Å². The van der Waals surface area contributed by atoms with E-state index >= 15 is 0 Å². The molecule has 0 rings (SSSR count). The largest absolute Gasteiger partial charge is 0.500 e. The zero-order valence-corrected chi connectivity index (χ0v) is 20.1. The number of nitrogens with zero attached hydrogens (tertiary/aromatic N) is 1. The minimum absolute atomic E-state index is 0.573. The lowest BCUT2D eigenvalue weighted by molar-refractivity contribution is 0.0708. The fourth-order valence-corrected chi connectivity index (χ4v) is 10.6. The Balaban J connectivity index is 5.50. The Bertz CT molecular complexity index is 365. The van der Waals surface area contributed by atoms with Gasteiger partial charge in [-0.3, -0.25) is 4.90 Å². The topological polar surface area (TPSA) is 49.4 Å². The third kappa shape index (κ3) is 10.1. The first-order chi connectivity index (χ1) is 13.0. The maximum absolute atomic E-state index is 6.28. The van der Waals surface area contributed by atoms with Crippen LogP contribution in [0.3, 0.4) is 0 Å². The first-order valence-corrected chi connectivity index (χ1v) is 14.3. The van der Waals surface area contributed by atoms with E-state index in [4.69, 9.17) is 22.1 Å². The summed E-state index contributed by atoms with van der Waals surface area (Å²) >= 11 is 0. The number of hydrogen-bond acceptors (Lipinski definition) is 6. The molecular weight excluding hydrogens is 378 g/mol. The van der Waals surface area contributed by atoms with Crippen molar-refractivity contribution in [3.8, 4) is 0 Å². The van der Waals surface area contributed by atoms with Crippen LogP contribution in [-0.2, 0) is 22.1 Å². The van der Waals surface area contributed by atoms with Gasteiger partial charge >= 0.3 is 17.4 Å². The molecule has 0 amide bonds. The van der Waals surface area contributed by atoms with Gasteiger partial charge in [-0.2, -0.15) is 0 Å². The first kappa shape index (κ1) is 26.7. The molecule has 0 aliphatic carbocycles. The molecule has 0 aromatic carbocycles. The predicted molar refractivity (Wildman–Crippen MR) is 116 cm³/mol. The summed E-state index contributed by atoms with van der Waals surface area (Å²) in [7, 11) is -5.24. The fourth-order valence-electron chi connectivity index (χ4n) is 3.14. The second-order valence-corrected chi connectivity index (χ2v) is 12.0. The molecule has 0 radical (unpaired) electrons. The van der Waals surface area contributed by atoms with Crippen molar-refractivity contribution in [3.05, 3.63) is 25.3 Å². The predicted octanol–water partition coefficient (Wildman–Crippen LogP) is 3.76. The molecule has 0 aliphatic rings. The van der Waals surface area contributed by atoms with Crippen LogP contribution in [0.4, 0.5) is 0 Å². The second kappa shape index (κ2) is 15.6. The van der Waals surface area contributed by atoms with Crippen molar-refractivity contribution in [3.63, 3.8) is 0 Å². The number of hydrogen-bond donors (Lipinski definition) is 0. The molecule has 0 heterocycles. The molecule has 0 saturated heterocycles. The Kier molecular flexibility index (Phi) is 15.4. The van der Waals surface area contributed by atoms with E-state index in [0.29, 0.717) is 39.1 Å². The van der Waals surface area contributed by atoms with Gasteiger partial charge in [-0.05, 0) is 40.7 Å². The highest BCUT2D eigenvalue weighted by atomic mass is 28.4. The summed E-state index contributed by atoms with van der Waals surface area (Å²) < 4.78 is 30.6. The van der Waals surface area contributed by atoms with Crippen molar-refractivity contribution in [1.29, 1.82) is 0 Å². The third-order valence-corrected chi connectivity index (χ3v) is 11.1. The SMILES string of the molecule is C=CCN(CC=C)C[Si](CC[Si](OCC)(OCC)OCC)(OCC)OCC. The molecule has 0 N–H and O–H groups in total. The van der Waals surface area contributed by atoms with Gasteiger partial charge in [0.05, 0.1) is 0 Å². The summed E-state index contributed by atoms with van der Waals surface area (Å²) in [5.74, 6) is 0. The van der Waals surface area contributed by atoms with E-state index in [2.05, 4.69) is 18.1 Å². The minimum Gasteiger partial charge on any atom is -0.394 e. The quantitative estimate of drug-likeness (QED) is 0.235. The van der Waals surface area contributed by atoms with Gasteiger partial charge in [0.15, 0.2) is 0 Å². The summed E-state index contributed by atoms with van der Waals surface area (Å²) in [5.41, 5.74) is 0. The number of rotatable bonds is 19. The summed E-state index contributed by atoms with van der Waals surface area (Å²) in [5, 5.41) is 0. The van der Waals surface area contributed by atoms with Crippen molar-refractivity contribution in [2.24, 2.45) is 0 Å². The van der Waals surface area contributed by atoms with Crippen molar-refractivity contribution < 1.29 is 22.1 Å². The average Bonchev–Trinajstić information content (AvgIpc) is 2.62. The van der Waals surface area contributed by atoms with E-state index in [1.165, 1.54) is 0 Å². The summed E-state index contributed by atoms with van der Waals surface area (Å²) in [6.45, 7) is 22.2. The molecule has 27 heavy (non-hydrogen) atoms. The van der Waals surface area contributed by atoms with E-state index < -0.39 is 17.4 Å². The molecule has 8 heteroatoms. The monoisotopic (exact) mass is 419 g/mol. The summed E-state index contributed by atoms with van der Waals surface area (Å²) in [6.07, 6.45) is 4.56. The van der Waals surface area contributed by atoms with E-state index in [0.717, 1.165) is 25.3 Å². The maximum atomic E-state index is 6.28. The fraction of sp³-hybridized carbons (Fsp3) is 0.789. The lowest BCUT2D eigenvalue weighted by Gasteiger charge is -2.36. The normalized spacial score (nSPS) is 12.5. The van der Waals surface area contributed by atoms with Crippen LogP contribution in [-0.4, -0.2) is 74.6 Å². The van der Waals surface area contributed by atoms with Crippen LogP contribution < -0.4 is 0 Å². The Labute approximate surface area is 169 Å². The molecule has 6 nitrogen and oxygen atoms in total. The smallest absolute Gasteiger partial charge is 0.394 e. The van der Waals surface area contributed by atoms with Gasteiger partial charge in [0, 0.05) is 58.3 Å². The Morgan fingerprint density at radius 1 is 0.667 bits per heavy atom. The van der Waals surface area contributed by atoms with Crippen LogP contribution in [0, 0.1) is 0 Å². The van der Waals surface area contributed by atoms with Crippen LogP contribution >= 0.6 is 0 Å². The van der Waals surface area contributed by atoms with Crippen LogP contribution in [0.1, 0.15) is 34.6 Å². The van der Waals surface area contributed by atoms with Gasteiger partial charge in [0.1, 0.15) is 0 Å². The van der Waals surface area contributed by atoms with Crippen LogP contribution in [0.15, 0.2) is 25.3 Å². The lowest BCUT2D eigenvalue weighted by atomic mass is 10.5. The molecular formula is C19H41NO5Si2. The summed E-state index contributed by atoms with van der Waals surface area (Å²) in [4.78, 5) is 2.27. The highest BCUT2D eigenvalue weighted by molar-refractivity contribution is 6.70. The van der Waals surface area contributed by atoms with Crippen molar-refractivity contribution in [2.45, 2.75) is 46.7 Å². The lowest BCUT2D eigenvalue weighted by Crippen LogP contribution is -2.55. The van der Waals surface area contributed by atoms with Gasteiger partial charge in [0.2, 0.25) is 0 Å². The Morgan fingerprint density at radius 2 is 1.07 bits per heavy atom. The van der Waals surface area contributed by atoms with Gasteiger partial charge in [0.25, 0.3) is 0 Å². The molecule has 0 aromatic rings. The van der Waals surface area contributed by atoms with E-state index in [9.17, 15) is 0 Å². The molecule has 0 aromatic heterocycles. The van der Waals surface area contributed by atoms with Gasteiger partial charge in [-0.15, -0.1) is 13.2 Å². The van der Waals surface area contributed by atoms with Crippen molar-refractivity contribution >= 4 is 17.4 Å². The average molecular weight is 420 g/mol. The van der Waals surface area contributed by atoms with Crippen molar-refractivity contribution in [1.82, 2.24) is 4.90 Å². The minimum atomic E-state index is -2.74. The molecule has 0 bridgehead atoms. The van der Waals surface area contributed by atoms with Crippen LogP contribution in [0.25, 0.3) is 0 Å². The highest BCUT2D eigenvalue weighted by Crippen LogP contribution is 2.26. The van der Waals surface area contributed by atoms with E-state index in [-0.39, 0.29) is 0 Å².